The molecular formula is C51H38N2. The molecule has 1 atom stereocenters. The van der Waals surface area contributed by atoms with Gasteiger partial charge in [-0.25, -0.2) is 0 Å². The Hall–Kier alpha value is -6.38. The molecule has 0 radical (unpaired) electrons. The van der Waals surface area contributed by atoms with Crippen LogP contribution in [0.3, 0.4) is 0 Å². The van der Waals surface area contributed by atoms with Gasteiger partial charge in [0.25, 0.3) is 0 Å². The number of para-hydroxylation sites is 2. The van der Waals surface area contributed by atoms with Gasteiger partial charge in [-0.3, -0.25) is 0 Å². The minimum atomic E-state index is 0.0814. The average molecular weight is 679 g/mol. The van der Waals surface area contributed by atoms with Crippen LogP contribution in [-0.2, 0) is 5.41 Å². The molecule has 252 valence electrons. The molecule has 53 heavy (non-hydrogen) atoms. The van der Waals surface area contributed by atoms with Crippen molar-refractivity contribution in [2.24, 2.45) is 5.92 Å². The maximum absolute atomic E-state index is 2.53. The Morgan fingerprint density at radius 1 is 0.453 bits per heavy atom. The fourth-order valence-corrected chi connectivity index (χ4v) is 9.59. The maximum atomic E-state index is 2.53. The molecule has 2 heterocycles. The zero-order valence-corrected chi connectivity index (χ0v) is 29.9. The van der Waals surface area contributed by atoms with E-state index in [0.717, 1.165) is 6.42 Å². The Labute approximate surface area is 309 Å². The maximum Gasteiger partial charge on any atom is 0.0541 e. The molecule has 2 aliphatic carbocycles. The quantitative estimate of drug-likeness (QED) is 0.175. The summed E-state index contributed by atoms with van der Waals surface area (Å²) >= 11 is 0. The summed E-state index contributed by atoms with van der Waals surface area (Å²) in [6.07, 6.45) is 5.79. The van der Waals surface area contributed by atoms with Crippen LogP contribution in [0.5, 0.6) is 0 Å². The number of allylic oxidation sites excluding steroid dienone is 4. The smallest absolute Gasteiger partial charge is 0.0541 e. The number of rotatable bonds is 4. The van der Waals surface area contributed by atoms with Crippen LogP contribution in [0.15, 0.2) is 176 Å². The van der Waals surface area contributed by atoms with Gasteiger partial charge < -0.3 is 9.13 Å². The summed E-state index contributed by atoms with van der Waals surface area (Å²) in [7, 11) is 0. The zero-order chi connectivity index (χ0) is 35.3. The van der Waals surface area contributed by atoms with Gasteiger partial charge in [-0.15, -0.1) is 0 Å². The molecule has 2 heteroatoms. The van der Waals surface area contributed by atoms with Crippen molar-refractivity contribution in [1.29, 1.82) is 0 Å². The van der Waals surface area contributed by atoms with Gasteiger partial charge in [-0.1, -0.05) is 129 Å². The van der Waals surface area contributed by atoms with Crippen LogP contribution in [-0.4, -0.2) is 9.13 Å². The van der Waals surface area contributed by atoms with Gasteiger partial charge >= 0.3 is 0 Å². The van der Waals surface area contributed by atoms with E-state index in [2.05, 4.69) is 199 Å². The number of hydrogen-bond donors (Lipinski definition) is 0. The first-order chi connectivity index (χ1) is 26.0. The molecule has 9 aromatic rings. The summed E-state index contributed by atoms with van der Waals surface area (Å²) in [5.41, 5.74) is 16.9. The van der Waals surface area contributed by atoms with Crippen LogP contribution < -0.4 is 0 Å². The van der Waals surface area contributed by atoms with Crippen molar-refractivity contribution in [3.63, 3.8) is 0 Å². The predicted octanol–water partition coefficient (Wildman–Crippen LogP) is 13.5. The van der Waals surface area contributed by atoms with Crippen molar-refractivity contribution in [1.82, 2.24) is 9.13 Å². The van der Waals surface area contributed by atoms with E-state index in [4.69, 9.17) is 0 Å². The second-order valence-electron chi connectivity index (χ2n) is 15.4. The number of fused-ring (bicyclic) bond motifs is 9. The van der Waals surface area contributed by atoms with E-state index in [1.165, 1.54) is 93.9 Å². The lowest BCUT2D eigenvalue weighted by Gasteiger charge is -2.32. The lowest BCUT2D eigenvalue weighted by atomic mass is 9.74. The second-order valence-corrected chi connectivity index (χ2v) is 15.4. The standard InChI is InChI=1S/C51H38N2/c1-51(2)45-19-11-9-17-39(45)40-25-24-38(32-46(40)51)53-47-20-12-10-18-41(47)42-30-35(22-27-48(42)53)36-23-28-50-44(31-36)43-29-34(33-13-5-3-6-14-33)21-26-49(43)52(50)37-15-7-4-8-16-37/h3-31,46H,32H2,1-2H3. The van der Waals surface area contributed by atoms with Crippen molar-refractivity contribution < 1.29 is 0 Å². The molecule has 0 N–H and O–H groups in total. The Kier molecular flexibility index (Phi) is 6.46. The molecule has 0 spiro atoms. The van der Waals surface area contributed by atoms with E-state index in [0.29, 0.717) is 5.92 Å². The largest absolute Gasteiger partial charge is 0.313 e. The highest BCUT2D eigenvalue weighted by atomic mass is 15.0. The third-order valence-corrected chi connectivity index (χ3v) is 12.2. The van der Waals surface area contributed by atoms with E-state index in [-0.39, 0.29) is 5.41 Å². The average Bonchev–Trinajstić information content (AvgIpc) is 3.80. The monoisotopic (exact) mass is 678 g/mol. The molecule has 0 amide bonds. The van der Waals surface area contributed by atoms with Crippen molar-refractivity contribution in [3.05, 3.63) is 187 Å². The predicted molar refractivity (Wildman–Crippen MR) is 224 cm³/mol. The van der Waals surface area contributed by atoms with Gasteiger partial charge in [0.05, 0.1) is 22.1 Å². The topological polar surface area (TPSA) is 9.86 Å². The van der Waals surface area contributed by atoms with Crippen molar-refractivity contribution in [3.8, 4) is 27.9 Å². The molecule has 2 aliphatic rings. The van der Waals surface area contributed by atoms with Crippen LogP contribution in [0.2, 0.25) is 0 Å². The number of hydrogen-bond acceptors (Lipinski definition) is 0. The first-order valence-corrected chi connectivity index (χ1v) is 18.8. The first kappa shape index (κ1) is 30.3. The molecule has 0 bridgehead atoms. The van der Waals surface area contributed by atoms with Crippen LogP contribution in [0.25, 0.3) is 82.8 Å². The summed E-state index contributed by atoms with van der Waals surface area (Å²) in [5, 5.41) is 5.11. The third kappa shape index (κ3) is 4.45. The molecule has 0 saturated carbocycles. The molecule has 7 aromatic carbocycles. The highest BCUT2D eigenvalue weighted by Gasteiger charge is 2.44. The highest BCUT2D eigenvalue weighted by molar-refractivity contribution is 6.13. The van der Waals surface area contributed by atoms with E-state index < -0.39 is 0 Å². The van der Waals surface area contributed by atoms with E-state index in [9.17, 15) is 0 Å². The minimum Gasteiger partial charge on any atom is -0.313 e. The molecule has 1 unspecified atom stereocenters. The van der Waals surface area contributed by atoms with Crippen LogP contribution in [0.1, 0.15) is 31.4 Å². The summed E-state index contributed by atoms with van der Waals surface area (Å²) in [5.74, 6) is 0.447. The molecule has 0 fully saturated rings. The molecule has 2 aromatic heterocycles. The molecule has 0 saturated heterocycles. The molecule has 11 rings (SSSR count). The van der Waals surface area contributed by atoms with E-state index in [1.54, 1.807) is 0 Å². The van der Waals surface area contributed by atoms with Gasteiger partial charge in [0.15, 0.2) is 0 Å². The van der Waals surface area contributed by atoms with Crippen LogP contribution >= 0.6 is 0 Å². The fraction of sp³-hybridized carbons (Fsp3) is 0.0980. The van der Waals surface area contributed by atoms with E-state index >= 15 is 0 Å². The molecule has 0 aliphatic heterocycles. The molecule has 2 nitrogen and oxygen atoms in total. The SMILES string of the molecule is CC1(C)c2ccccc2C2=CC=C(n3c4ccccc4c4cc(-c5ccc6c(c5)c5cc(-c7ccccc7)ccc5n6-c5ccccc5)ccc43)CC21. The number of aromatic nitrogens is 2. The fourth-order valence-electron chi connectivity index (χ4n) is 9.59. The number of nitrogens with zero attached hydrogens (tertiary/aromatic N) is 2. The Morgan fingerprint density at radius 3 is 1.68 bits per heavy atom. The van der Waals surface area contributed by atoms with Crippen molar-refractivity contribution in [2.75, 3.05) is 0 Å². The van der Waals surface area contributed by atoms with Crippen LogP contribution in [0, 0.1) is 5.92 Å². The van der Waals surface area contributed by atoms with Gasteiger partial charge in [-0.2, -0.15) is 0 Å². The van der Waals surface area contributed by atoms with Crippen molar-refractivity contribution in [2.45, 2.75) is 25.7 Å². The lowest BCUT2D eigenvalue weighted by molar-refractivity contribution is 0.415. The van der Waals surface area contributed by atoms with Crippen LogP contribution in [0.4, 0.5) is 0 Å². The van der Waals surface area contributed by atoms with Gasteiger partial charge in [0.2, 0.25) is 0 Å². The van der Waals surface area contributed by atoms with Crippen molar-refractivity contribution >= 4 is 54.9 Å². The Bertz CT molecular complexity index is 2990. The minimum absolute atomic E-state index is 0.0814. The summed E-state index contributed by atoms with van der Waals surface area (Å²) in [4.78, 5) is 0. The van der Waals surface area contributed by atoms with Gasteiger partial charge in [0.1, 0.15) is 0 Å². The normalized spacial score (nSPS) is 16.2. The third-order valence-electron chi connectivity index (χ3n) is 12.2. The Balaban J connectivity index is 1.07. The first-order valence-electron chi connectivity index (χ1n) is 18.8. The van der Waals surface area contributed by atoms with Gasteiger partial charge in [0, 0.05) is 32.9 Å². The second kappa shape index (κ2) is 11.3. The number of benzene rings is 7. The zero-order valence-electron chi connectivity index (χ0n) is 29.9. The lowest BCUT2D eigenvalue weighted by Crippen LogP contribution is -2.25. The summed E-state index contributed by atoms with van der Waals surface area (Å²) < 4.78 is 4.94. The van der Waals surface area contributed by atoms with E-state index in [1.807, 2.05) is 0 Å². The summed E-state index contributed by atoms with van der Waals surface area (Å²) in [6, 6.07) is 60.4. The highest BCUT2D eigenvalue weighted by Crippen LogP contribution is 2.54. The Morgan fingerprint density at radius 2 is 0.981 bits per heavy atom. The summed E-state index contributed by atoms with van der Waals surface area (Å²) in [6.45, 7) is 4.85. The van der Waals surface area contributed by atoms with Gasteiger partial charge in [-0.05, 0) is 117 Å². The molecular weight excluding hydrogens is 641 g/mol.